The van der Waals surface area contributed by atoms with Gasteiger partial charge in [-0.1, -0.05) is 0 Å². The molecule has 0 radical (unpaired) electrons. The van der Waals surface area contributed by atoms with Crippen LogP contribution in [0.2, 0.25) is 0 Å². The molecule has 0 amide bonds. The molecule has 2 aromatic rings. The third-order valence-electron chi connectivity index (χ3n) is 6.51. The van der Waals surface area contributed by atoms with Gasteiger partial charge in [-0.05, 0) is 83.5 Å². The van der Waals surface area contributed by atoms with Crippen LogP contribution in [0.15, 0.2) is 17.1 Å². The molecule has 6 heteroatoms. The van der Waals surface area contributed by atoms with E-state index in [0.717, 1.165) is 73.3 Å². The van der Waals surface area contributed by atoms with E-state index in [2.05, 4.69) is 12.2 Å². The minimum atomic E-state index is -0.330. The number of phenolic OH excluding ortho intramolecular Hbond substituents is 1. The zero-order valence-electron chi connectivity index (χ0n) is 18.8. The number of nitrogens with one attached hydrogen (secondary N) is 1. The minimum absolute atomic E-state index is 0.160. The van der Waals surface area contributed by atoms with Crippen molar-refractivity contribution in [3.63, 3.8) is 0 Å². The van der Waals surface area contributed by atoms with E-state index in [4.69, 9.17) is 4.74 Å². The molecule has 2 heterocycles. The highest BCUT2D eigenvalue weighted by Gasteiger charge is 2.34. The molecule has 164 valence electrons. The van der Waals surface area contributed by atoms with Crippen LogP contribution in [0.5, 0.6) is 17.2 Å². The van der Waals surface area contributed by atoms with Crippen LogP contribution in [0.25, 0.3) is 0 Å². The Morgan fingerprint density at radius 3 is 2.57 bits per heavy atom. The number of nitrogens with zero attached hydrogens (tertiary/aromatic N) is 1. The van der Waals surface area contributed by atoms with Crippen LogP contribution >= 0.6 is 0 Å². The van der Waals surface area contributed by atoms with Crippen molar-refractivity contribution in [2.75, 3.05) is 13.1 Å². The second-order valence-electron chi connectivity index (χ2n) is 8.77. The Bertz CT molecular complexity index is 996. The molecule has 1 aromatic heterocycles. The van der Waals surface area contributed by atoms with E-state index >= 15 is 0 Å². The summed E-state index contributed by atoms with van der Waals surface area (Å²) in [5.41, 5.74) is 4.01. The molecule has 1 unspecified atom stereocenters. The Balaban J connectivity index is 1.50. The van der Waals surface area contributed by atoms with E-state index in [-0.39, 0.29) is 16.8 Å². The van der Waals surface area contributed by atoms with Gasteiger partial charge in [0.1, 0.15) is 17.1 Å². The molecule has 30 heavy (non-hydrogen) atoms. The normalized spacial score (nSPS) is 18.2. The highest BCUT2D eigenvalue weighted by atomic mass is 16.5. The van der Waals surface area contributed by atoms with E-state index in [1.54, 1.807) is 13.1 Å². The number of unbranched alkanes of at least 4 members (excludes halogenated alkanes) is 1. The average Bonchev–Trinajstić information content (AvgIpc) is 2.72. The first-order chi connectivity index (χ1) is 14.1. The van der Waals surface area contributed by atoms with Crippen molar-refractivity contribution in [1.29, 1.82) is 0 Å². The molecule has 0 saturated carbocycles. The Labute approximate surface area is 178 Å². The van der Waals surface area contributed by atoms with Gasteiger partial charge in [-0.3, -0.25) is 4.79 Å². The van der Waals surface area contributed by atoms with Crippen LogP contribution in [0, 0.1) is 27.7 Å². The minimum Gasteiger partial charge on any atom is -0.507 e. The van der Waals surface area contributed by atoms with Crippen molar-refractivity contribution in [2.24, 2.45) is 0 Å². The molecular formula is C24H34N2O4. The summed E-state index contributed by atoms with van der Waals surface area (Å²) >= 11 is 0. The predicted molar refractivity (Wildman–Crippen MR) is 119 cm³/mol. The molecule has 1 aromatic carbocycles. The van der Waals surface area contributed by atoms with E-state index in [1.807, 2.05) is 25.3 Å². The number of aryl methyl sites for hydroxylation is 1. The van der Waals surface area contributed by atoms with Crippen molar-refractivity contribution in [1.82, 2.24) is 9.88 Å². The number of aromatic hydroxyl groups is 2. The third kappa shape index (κ3) is 4.33. The predicted octanol–water partition coefficient (Wildman–Crippen LogP) is 3.65. The van der Waals surface area contributed by atoms with E-state index in [1.165, 1.54) is 6.07 Å². The lowest BCUT2D eigenvalue weighted by molar-refractivity contribution is 0.0634. The molecule has 0 spiro atoms. The van der Waals surface area contributed by atoms with Crippen molar-refractivity contribution in [2.45, 2.75) is 72.4 Å². The van der Waals surface area contributed by atoms with Gasteiger partial charge in [0.2, 0.25) is 5.43 Å². The van der Waals surface area contributed by atoms with Crippen molar-refractivity contribution in [3.8, 4) is 17.2 Å². The van der Waals surface area contributed by atoms with Gasteiger partial charge in [-0.15, -0.1) is 0 Å². The summed E-state index contributed by atoms with van der Waals surface area (Å²) in [4.78, 5) is 11.4. The van der Waals surface area contributed by atoms with Gasteiger partial charge in [-0.2, -0.15) is 0 Å². The number of pyridine rings is 1. The molecule has 1 atom stereocenters. The lowest BCUT2D eigenvalue weighted by atomic mass is 9.87. The van der Waals surface area contributed by atoms with Gasteiger partial charge < -0.3 is 24.8 Å². The van der Waals surface area contributed by atoms with Crippen LogP contribution < -0.4 is 15.5 Å². The molecule has 3 N–H and O–H groups in total. The zero-order chi connectivity index (χ0) is 22.1. The SMILES string of the molecule is Cc1c(C)c2c(c(C)c1O)CCC(C)(CNCCCCn1ccc(=O)c(O)c1C)O2. The van der Waals surface area contributed by atoms with Crippen LogP contribution in [0.4, 0.5) is 0 Å². The number of ether oxygens (including phenoxy) is 1. The summed E-state index contributed by atoms with van der Waals surface area (Å²) in [6.45, 7) is 12.2. The number of fused-ring (bicyclic) bond motifs is 1. The summed E-state index contributed by atoms with van der Waals surface area (Å²) in [6.07, 6.45) is 5.50. The number of phenols is 1. The fraction of sp³-hybridized carbons (Fsp3) is 0.542. The maximum Gasteiger partial charge on any atom is 0.223 e. The summed E-state index contributed by atoms with van der Waals surface area (Å²) in [6, 6.07) is 1.41. The molecule has 6 nitrogen and oxygen atoms in total. The van der Waals surface area contributed by atoms with Crippen LogP contribution in [0.3, 0.4) is 0 Å². The van der Waals surface area contributed by atoms with Crippen LogP contribution in [-0.4, -0.2) is 33.5 Å². The largest absolute Gasteiger partial charge is 0.507 e. The van der Waals surface area contributed by atoms with E-state index in [0.29, 0.717) is 11.4 Å². The Morgan fingerprint density at radius 1 is 1.10 bits per heavy atom. The number of aromatic nitrogens is 1. The highest BCUT2D eigenvalue weighted by molar-refractivity contribution is 5.58. The van der Waals surface area contributed by atoms with Gasteiger partial charge in [0, 0.05) is 30.9 Å². The second kappa shape index (κ2) is 8.72. The Hall–Kier alpha value is -2.47. The first-order valence-corrected chi connectivity index (χ1v) is 10.7. The van der Waals surface area contributed by atoms with Crippen LogP contribution in [-0.2, 0) is 13.0 Å². The lowest BCUT2D eigenvalue weighted by Crippen LogP contribution is -2.46. The van der Waals surface area contributed by atoms with Crippen molar-refractivity contribution >= 4 is 0 Å². The topological polar surface area (TPSA) is 83.7 Å². The summed E-state index contributed by atoms with van der Waals surface area (Å²) in [5, 5.41) is 23.6. The van der Waals surface area contributed by atoms with Gasteiger partial charge in [0.05, 0.1) is 5.69 Å². The first kappa shape index (κ1) is 22.2. The fourth-order valence-electron chi connectivity index (χ4n) is 4.21. The third-order valence-corrected chi connectivity index (χ3v) is 6.51. The first-order valence-electron chi connectivity index (χ1n) is 10.7. The summed E-state index contributed by atoms with van der Waals surface area (Å²) < 4.78 is 8.37. The maximum atomic E-state index is 11.4. The van der Waals surface area contributed by atoms with Gasteiger partial charge in [0.25, 0.3) is 0 Å². The standard InChI is InChI=1S/C24H34N2O4/c1-15-16(2)23-19(17(3)21(15)28)8-10-24(5,30-23)14-25-11-6-7-12-26-13-9-20(27)22(29)18(26)4/h9,13,25,28-29H,6-8,10-12,14H2,1-5H3. The molecule has 1 aliphatic heterocycles. The lowest BCUT2D eigenvalue weighted by Gasteiger charge is -2.38. The van der Waals surface area contributed by atoms with Gasteiger partial charge >= 0.3 is 0 Å². The quantitative estimate of drug-likeness (QED) is 0.603. The maximum absolute atomic E-state index is 11.4. The second-order valence-corrected chi connectivity index (χ2v) is 8.77. The molecule has 0 bridgehead atoms. The number of benzene rings is 1. The fourth-order valence-corrected chi connectivity index (χ4v) is 4.21. The highest BCUT2D eigenvalue weighted by Crippen LogP contribution is 2.43. The average molecular weight is 415 g/mol. The van der Waals surface area contributed by atoms with E-state index < -0.39 is 0 Å². The zero-order valence-corrected chi connectivity index (χ0v) is 18.8. The number of rotatable bonds is 7. The van der Waals surface area contributed by atoms with E-state index in [9.17, 15) is 15.0 Å². The molecule has 0 aliphatic carbocycles. The monoisotopic (exact) mass is 414 g/mol. The van der Waals surface area contributed by atoms with Crippen molar-refractivity contribution < 1.29 is 14.9 Å². The molecule has 0 fully saturated rings. The number of hydrogen-bond acceptors (Lipinski definition) is 5. The van der Waals surface area contributed by atoms with Gasteiger partial charge in [0.15, 0.2) is 5.75 Å². The van der Waals surface area contributed by atoms with Crippen molar-refractivity contribution in [3.05, 3.63) is 50.4 Å². The molecule has 3 rings (SSSR count). The molecule has 0 saturated heterocycles. The summed E-state index contributed by atoms with van der Waals surface area (Å²) in [7, 11) is 0. The van der Waals surface area contributed by atoms with Gasteiger partial charge in [-0.25, -0.2) is 0 Å². The number of hydrogen-bond donors (Lipinski definition) is 3. The van der Waals surface area contributed by atoms with Crippen LogP contribution in [0.1, 0.15) is 54.1 Å². The smallest absolute Gasteiger partial charge is 0.223 e. The molecular weight excluding hydrogens is 380 g/mol. The summed E-state index contributed by atoms with van der Waals surface area (Å²) in [5.74, 6) is 1.17. The Morgan fingerprint density at radius 2 is 1.83 bits per heavy atom. The Kier molecular flexibility index (Phi) is 6.46. The molecule has 1 aliphatic rings.